The topological polar surface area (TPSA) is 93.8 Å². The van der Waals surface area contributed by atoms with Crippen LogP contribution < -0.4 is 11.1 Å². The number of aromatic nitrogens is 3. The van der Waals surface area contributed by atoms with Crippen molar-refractivity contribution in [3.8, 4) is 0 Å². The molecule has 0 radical (unpaired) electrons. The molecule has 3 N–H and O–H groups in total. The second kappa shape index (κ2) is 5.60. The van der Waals surface area contributed by atoms with Crippen LogP contribution in [-0.2, 0) is 4.79 Å². The van der Waals surface area contributed by atoms with Gasteiger partial charge in [-0.05, 0) is 12.1 Å². The van der Waals surface area contributed by atoms with Crippen LogP contribution in [0.5, 0.6) is 0 Å². The summed E-state index contributed by atoms with van der Waals surface area (Å²) >= 11 is 2.57. The van der Waals surface area contributed by atoms with Crippen LogP contribution in [-0.4, -0.2) is 26.8 Å². The number of nitrogen functional groups attached to an aromatic ring is 1. The number of rotatable bonds is 4. The zero-order valence-electron chi connectivity index (χ0n) is 8.66. The van der Waals surface area contributed by atoms with Crippen LogP contribution in [0.3, 0.4) is 0 Å². The van der Waals surface area contributed by atoms with E-state index in [1.807, 2.05) is 0 Å². The van der Waals surface area contributed by atoms with Gasteiger partial charge in [-0.15, -0.1) is 10.2 Å². The molecule has 1 amide bonds. The molecule has 0 unspecified atom stereocenters. The number of hydrogen-bond donors (Lipinski definition) is 2. The summed E-state index contributed by atoms with van der Waals surface area (Å²) in [6, 6.07) is 3.46. The van der Waals surface area contributed by atoms with E-state index in [2.05, 4.69) is 20.5 Å². The highest BCUT2D eigenvalue weighted by atomic mass is 32.2. The summed E-state index contributed by atoms with van der Waals surface area (Å²) in [4.78, 5) is 15.4. The highest BCUT2D eigenvalue weighted by molar-refractivity contribution is 8.01. The lowest BCUT2D eigenvalue weighted by molar-refractivity contribution is -0.113. The first-order valence-corrected chi connectivity index (χ1v) is 6.46. The minimum Gasteiger partial charge on any atom is -0.374 e. The van der Waals surface area contributed by atoms with Gasteiger partial charge in [-0.2, -0.15) is 0 Å². The van der Waals surface area contributed by atoms with Crippen molar-refractivity contribution in [3.05, 3.63) is 24.5 Å². The summed E-state index contributed by atoms with van der Waals surface area (Å²) in [6.45, 7) is 0. The van der Waals surface area contributed by atoms with Crippen molar-refractivity contribution in [1.82, 2.24) is 15.2 Å². The molecule has 0 aliphatic heterocycles. The zero-order valence-corrected chi connectivity index (χ0v) is 10.3. The summed E-state index contributed by atoms with van der Waals surface area (Å²) < 4.78 is 0.687. The maximum atomic E-state index is 11.6. The predicted molar refractivity (Wildman–Crippen MR) is 67.9 cm³/mol. The predicted octanol–water partition coefficient (Wildman–Crippen LogP) is 1.25. The Kier molecular flexibility index (Phi) is 3.89. The van der Waals surface area contributed by atoms with Gasteiger partial charge in [0.1, 0.15) is 0 Å². The number of anilines is 2. The van der Waals surface area contributed by atoms with Crippen molar-refractivity contribution in [2.45, 2.75) is 4.34 Å². The highest BCUT2D eigenvalue weighted by Gasteiger charge is 2.06. The second-order valence-electron chi connectivity index (χ2n) is 2.98. The number of thioether (sulfide) groups is 1. The fourth-order valence-corrected chi connectivity index (χ4v) is 2.47. The quantitative estimate of drug-likeness (QED) is 0.810. The number of nitrogens with two attached hydrogens (primary N) is 1. The lowest BCUT2D eigenvalue weighted by Gasteiger charge is -2.02. The van der Waals surface area contributed by atoms with Crippen LogP contribution in [0, 0.1) is 0 Å². The van der Waals surface area contributed by atoms with Gasteiger partial charge in [-0.1, -0.05) is 23.1 Å². The van der Waals surface area contributed by atoms with Crippen molar-refractivity contribution in [1.29, 1.82) is 0 Å². The number of amides is 1. The molecule has 0 bridgehead atoms. The van der Waals surface area contributed by atoms with Crippen LogP contribution in [0.15, 0.2) is 28.9 Å². The third-order valence-electron chi connectivity index (χ3n) is 1.71. The Morgan fingerprint density at radius 2 is 2.18 bits per heavy atom. The molecular formula is C9H9N5OS2. The number of carbonyl (C=O) groups is 1. The van der Waals surface area contributed by atoms with E-state index >= 15 is 0 Å². The zero-order chi connectivity index (χ0) is 12.1. The normalized spacial score (nSPS) is 10.1. The number of nitrogens with one attached hydrogen (secondary N) is 1. The molecule has 0 atom stereocenters. The van der Waals surface area contributed by atoms with E-state index in [0.29, 0.717) is 9.47 Å². The van der Waals surface area contributed by atoms with E-state index < -0.39 is 0 Å². The van der Waals surface area contributed by atoms with E-state index in [-0.39, 0.29) is 11.7 Å². The summed E-state index contributed by atoms with van der Waals surface area (Å²) in [6.07, 6.45) is 3.24. The molecule has 0 spiro atoms. The van der Waals surface area contributed by atoms with Crippen molar-refractivity contribution in [2.75, 3.05) is 16.8 Å². The fraction of sp³-hybridized carbons (Fsp3) is 0.111. The summed E-state index contributed by atoms with van der Waals surface area (Å²) in [5.41, 5.74) is 6.16. The van der Waals surface area contributed by atoms with E-state index in [0.717, 1.165) is 5.69 Å². The molecule has 2 heterocycles. The monoisotopic (exact) mass is 267 g/mol. The van der Waals surface area contributed by atoms with Gasteiger partial charge in [0.25, 0.3) is 0 Å². The van der Waals surface area contributed by atoms with Gasteiger partial charge in [-0.3, -0.25) is 9.78 Å². The SMILES string of the molecule is Nc1nnc(SCC(=O)Nc2ccncc2)s1. The standard InChI is InChI=1S/C9H9N5OS2/c10-8-13-14-9(17-8)16-5-7(15)12-6-1-3-11-4-2-6/h1-4H,5H2,(H2,10,13)(H,11,12,15). The molecule has 0 saturated heterocycles. The van der Waals surface area contributed by atoms with E-state index in [9.17, 15) is 4.79 Å². The number of nitrogens with zero attached hydrogens (tertiary/aromatic N) is 3. The Morgan fingerprint density at radius 3 is 2.82 bits per heavy atom. The Labute approximate surface area is 106 Å². The minimum atomic E-state index is -0.102. The van der Waals surface area contributed by atoms with Gasteiger partial charge in [0.15, 0.2) is 4.34 Å². The van der Waals surface area contributed by atoms with Crippen molar-refractivity contribution in [3.63, 3.8) is 0 Å². The summed E-state index contributed by atoms with van der Waals surface area (Å²) in [5.74, 6) is 0.173. The number of pyridine rings is 1. The van der Waals surface area contributed by atoms with Crippen LogP contribution in [0.4, 0.5) is 10.8 Å². The van der Waals surface area contributed by atoms with Gasteiger partial charge >= 0.3 is 0 Å². The molecule has 88 valence electrons. The molecule has 0 aliphatic rings. The second-order valence-corrected chi connectivity index (χ2v) is 5.21. The Morgan fingerprint density at radius 1 is 1.41 bits per heavy atom. The highest BCUT2D eigenvalue weighted by Crippen LogP contribution is 2.23. The van der Waals surface area contributed by atoms with Gasteiger partial charge in [0.05, 0.1) is 5.75 Å². The van der Waals surface area contributed by atoms with Gasteiger partial charge < -0.3 is 11.1 Å². The third kappa shape index (κ3) is 3.68. The van der Waals surface area contributed by atoms with Crippen LogP contribution >= 0.6 is 23.1 Å². The van der Waals surface area contributed by atoms with Crippen molar-refractivity contribution in [2.24, 2.45) is 0 Å². The molecule has 8 heteroatoms. The number of hydrogen-bond acceptors (Lipinski definition) is 7. The molecule has 0 fully saturated rings. The van der Waals surface area contributed by atoms with Gasteiger partial charge in [0, 0.05) is 18.1 Å². The fourth-order valence-electron chi connectivity index (χ4n) is 1.04. The average Bonchev–Trinajstić information content (AvgIpc) is 2.74. The van der Waals surface area contributed by atoms with Crippen LogP contribution in [0.25, 0.3) is 0 Å². The van der Waals surface area contributed by atoms with Crippen LogP contribution in [0.2, 0.25) is 0 Å². The first kappa shape index (κ1) is 11.8. The first-order valence-electron chi connectivity index (χ1n) is 4.66. The third-order valence-corrected chi connectivity index (χ3v) is 3.60. The Bertz CT molecular complexity index is 501. The molecule has 2 rings (SSSR count). The van der Waals surface area contributed by atoms with Crippen molar-refractivity contribution >= 4 is 39.8 Å². The van der Waals surface area contributed by atoms with E-state index in [1.165, 1.54) is 23.1 Å². The smallest absolute Gasteiger partial charge is 0.234 e. The summed E-state index contributed by atoms with van der Waals surface area (Å²) in [5, 5.41) is 10.6. The summed E-state index contributed by atoms with van der Waals surface area (Å²) in [7, 11) is 0. The van der Waals surface area contributed by atoms with Crippen molar-refractivity contribution < 1.29 is 4.79 Å². The maximum absolute atomic E-state index is 11.6. The Balaban J connectivity index is 1.82. The average molecular weight is 267 g/mol. The molecule has 0 aromatic carbocycles. The Hall–Kier alpha value is -1.67. The molecular weight excluding hydrogens is 258 g/mol. The maximum Gasteiger partial charge on any atom is 0.234 e. The van der Waals surface area contributed by atoms with Crippen LogP contribution in [0.1, 0.15) is 0 Å². The first-order chi connectivity index (χ1) is 8.24. The molecule has 0 saturated carbocycles. The lowest BCUT2D eigenvalue weighted by Crippen LogP contribution is -2.13. The number of carbonyl (C=O) groups excluding carboxylic acids is 1. The molecule has 17 heavy (non-hydrogen) atoms. The molecule has 6 nitrogen and oxygen atoms in total. The van der Waals surface area contributed by atoms with E-state index in [1.54, 1.807) is 24.5 Å². The minimum absolute atomic E-state index is 0.102. The van der Waals surface area contributed by atoms with Gasteiger partial charge in [0.2, 0.25) is 11.0 Å². The molecule has 2 aromatic heterocycles. The van der Waals surface area contributed by atoms with E-state index in [4.69, 9.17) is 5.73 Å². The van der Waals surface area contributed by atoms with Gasteiger partial charge in [-0.25, -0.2) is 0 Å². The molecule has 0 aliphatic carbocycles. The largest absolute Gasteiger partial charge is 0.374 e. The lowest BCUT2D eigenvalue weighted by atomic mass is 10.4. The molecule has 2 aromatic rings.